The Morgan fingerprint density at radius 2 is 1.77 bits per heavy atom. The lowest BCUT2D eigenvalue weighted by atomic mass is 10.0. The van der Waals surface area contributed by atoms with Gasteiger partial charge in [-0.05, 0) is 87.0 Å². The first kappa shape index (κ1) is 38.5. The van der Waals surface area contributed by atoms with Gasteiger partial charge in [-0.25, -0.2) is 17.6 Å². The number of carbonyl (C=O) groups is 2. The molecule has 0 radical (unpaired) electrons. The molecule has 1 heterocycles. The van der Waals surface area contributed by atoms with E-state index in [1.165, 1.54) is 17.0 Å². The van der Waals surface area contributed by atoms with E-state index in [0.717, 1.165) is 47.9 Å². The van der Waals surface area contributed by atoms with Crippen LogP contribution in [-0.4, -0.2) is 86.9 Å². The number of nitrogens with zero attached hydrogens (tertiary/aromatic N) is 2. The van der Waals surface area contributed by atoms with Crippen molar-refractivity contribution in [2.45, 2.75) is 63.2 Å². The Hall–Kier alpha value is -4.72. The molecule has 5 rings (SSSR count). The number of halogens is 1. The summed E-state index contributed by atoms with van der Waals surface area (Å²) in [6, 6.07) is 21.5. The molecular formula is C39H47FN4O7S. The summed E-state index contributed by atoms with van der Waals surface area (Å²) in [5.74, 6) is -1.06. The van der Waals surface area contributed by atoms with Gasteiger partial charge in [0.05, 0.1) is 41.0 Å². The molecule has 4 aromatic carbocycles. The lowest BCUT2D eigenvalue weighted by Crippen LogP contribution is -2.48. The van der Waals surface area contributed by atoms with Crippen molar-refractivity contribution in [1.29, 1.82) is 0 Å². The van der Waals surface area contributed by atoms with Gasteiger partial charge in [0.2, 0.25) is 0 Å². The number of urea groups is 1. The standard InChI is InChI=1S/C39H47FN4O7S/c1-26-23-44(27(2)25-45)38(46)34-22-31(42-52(48,49)32-18-15-30(40)16-19-32)17-20-36(34)51-28(3)10-7-8-21-50-37(26)24-43(4)39(47)41-35-14-9-12-29-11-5-6-13-33(29)35/h5-6,9,11-20,22,26-28,37,42,45H,7-8,10,21,23-25H2,1-4H3,(H,41,47)/t26-,27+,28+,37+/m1/s1. The first-order valence-corrected chi connectivity index (χ1v) is 19.0. The number of amides is 3. The van der Waals surface area contributed by atoms with E-state index in [-0.39, 0.29) is 59.6 Å². The zero-order chi connectivity index (χ0) is 37.4. The fraction of sp³-hybridized carbons (Fsp3) is 0.385. The first-order valence-electron chi connectivity index (χ1n) is 17.5. The van der Waals surface area contributed by atoms with E-state index in [9.17, 15) is 27.5 Å². The summed E-state index contributed by atoms with van der Waals surface area (Å²) in [5.41, 5.74) is 0.913. The normalized spacial score (nSPS) is 19.5. The molecule has 278 valence electrons. The summed E-state index contributed by atoms with van der Waals surface area (Å²) in [6.45, 7) is 6.05. The molecule has 1 aliphatic heterocycles. The maximum atomic E-state index is 14.4. The second-order valence-electron chi connectivity index (χ2n) is 13.4. The van der Waals surface area contributed by atoms with E-state index < -0.39 is 33.9 Å². The number of sulfonamides is 1. The molecule has 1 aliphatic rings. The number of carbonyl (C=O) groups excluding carboxylic acids is 2. The molecule has 3 N–H and O–H groups in total. The molecule has 0 bridgehead atoms. The predicted octanol–water partition coefficient (Wildman–Crippen LogP) is 6.74. The Labute approximate surface area is 304 Å². The second kappa shape index (κ2) is 17.2. The summed E-state index contributed by atoms with van der Waals surface area (Å²) in [6.07, 6.45) is 1.45. The SMILES string of the molecule is C[C@@H]1CN([C@@H](C)CO)C(=O)c2cc(NS(=O)(=O)c3ccc(F)cc3)ccc2O[C@@H](C)CCCCO[C@H]1CN(C)C(=O)Nc1cccc2ccccc12. The number of likely N-dealkylation sites (N-methyl/N-ethyl adjacent to an activating group) is 1. The molecule has 0 saturated heterocycles. The maximum absolute atomic E-state index is 14.4. The minimum Gasteiger partial charge on any atom is -0.490 e. The summed E-state index contributed by atoms with van der Waals surface area (Å²) >= 11 is 0. The molecule has 4 aromatic rings. The highest BCUT2D eigenvalue weighted by atomic mass is 32.2. The number of aliphatic hydroxyl groups excluding tert-OH is 1. The van der Waals surface area contributed by atoms with Crippen LogP contribution >= 0.6 is 0 Å². The van der Waals surface area contributed by atoms with Crippen LogP contribution < -0.4 is 14.8 Å². The van der Waals surface area contributed by atoms with Gasteiger partial charge in [-0.15, -0.1) is 0 Å². The number of rotatable bonds is 8. The van der Waals surface area contributed by atoms with Crippen molar-refractivity contribution in [3.05, 3.63) is 96.3 Å². The molecule has 4 atom stereocenters. The molecule has 0 spiro atoms. The van der Waals surface area contributed by atoms with Crippen molar-refractivity contribution in [1.82, 2.24) is 9.80 Å². The largest absolute Gasteiger partial charge is 0.490 e. The minimum atomic E-state index is -4.11. The average molecular weight is 735 g/mol. The van der Waals surface area contributed by atoms with E-state index in [1.54, 1.807) is 24.9 Å². The van der Waals surface area contributed by atoms with Gasteiger partial charge < -0.3 is 29.7 Å². The molecule has 0 aliphatic carbocycles. The highest BCUT2D eigenvalue weighted by molar-refractivity contribution is 7.92. The van der Waals surface area contributed by atoms with Gasteiger partial charge in [0.15, 0.2) is 0 Å². The molecule has 3 amide bonds. The number of aliphatic hydroxyl groups is 1. The van der Waals surface area contributed by atoms with Crippen LogP contribution in [0.15, 0.2) is 89.8 Å². The fourth-order valence-electron chi connectivity index (χ4n) is 6.17. The van der Waals surface area contributed by atoms with Crippen LogP contribution in [-0.2, 0) is 14.8 Å². The van der Waals surface area contributed by atoms with E-state index in [4.69, 9.17) is 9.47 Å². The summed E-state index contributed by atoms with van der Waals surface area (Å²) < 4.78 is 54.9. The van der Waals surface area contributed by atoms with Crippen LogP contribution in [0.3, 0.4) is 0 Å². The fourth-order valence-corrected chi connectivity index (χ4v) is 7.22. The van der Waals surface area contributed by atoms with E-state index >= 15 is 0 Å². The molecule has 13 heteroatoms. The first-order chi connectivity index (χ1) is 24.9. The predicted molar refractivity (Wildman–Crippen MR) is 200 cm³/mol. The number of ether oxygens (including phenoxy) is 2. The Balaban J connectivity index is 1.40. The summed E-state index contributed by atoms with van der Waals surface area (Å²) in [4.78, 5) is 30.8. The number of fused-ring (bicyclic) bond motifs is 2. The van der Waals surface area contributed by atoms with Crippen LogP contribution in [0.1, 0.15) is 50.4 Å². The van der Waals surface area contributed by atoms with Crippen molar-refractivity contribution in [2.75, 3.05) is 43.4 Å². The number of hydrogen-bond donors (Lipinski definition) is 3. The van der Waals surface area contributed by atoms with Gasteiger partial charge in [0.1, 0.15) is 11.6 Å². The van der Waals surface area contributed by atoms with E-state index in [1.807, 2.05) is 56.3 Å². The maximum Gasteiger partial charge on any atom is 0.321 e. The highest BCUT2D eigenvalue weighted by Gasteiger charge is 2.31. The van der Waals surface area contributed by atoms with Gasteiger partial charge >= 0.3 is 6.03 Å². The highest BCUT2D eigenvalue weighted by Crippen LogP contribution is 2.30. The summed E-state index contributed by atoms with van der Waals surface area (Å²) in [5, 5.41) is 15.2. The Kier molecular flexibility index (Phi) is 12.7. The molecule has 0 unspecified atom stereocenters. The smallest absolute Gasteiger partial charge is 0.321 e. The summed E-state index contributed by atoms with van der Waals surface area (Å²) in [7, 11) is -2.41. The van der Waals surface area contributed by atoms with Crippen molar-refractivity contribution in [3.63, 3.8) is 0 Å². The van der Waals surface area contributed by atoms with Crippen molar-refractivity contribution in [3.8, 4) is 5.75 Å². The molecule has 52 heavy (non-hydrogen) atoms. The van der Waals surface area contributed by atoms with Crippen molar-refractivity contribution < 1.29 is 37.0 Å². The Morgan fingerprint density at radius 3 is 2.52 bits per heavy atom. The number of anilines is 2. The molecular weight excluding hydrogens is 688 g/mol. The lowest BCUT2D eigenvalue weighted by molar-refractivity contribution is -0.0115. The number of hydrogen-bond acceptors (Lipinski definition) is 7. The van der Waals surface area contributed by atoms with Crippen LogP contribution in [0.2, 0.25) is 0 Å². The van der Waals surface area contributed by atoms with Crippen LogP contribution in [0.5, 0.6) is 5.75 Å². The molecule has 0 saturated carbocycles. The topological polar surface area (TPSA) is 138 Å². The van der Waals surface area contributed by atoms with Crippen molar-refractivity contribution in [2.24, 2.45) is 5.92 Å². The lowest BCUT2D eigenvalue weighted by Gasteiger charge is -2.35. The third-order valence-electron chi connectivity index (χ3n) is 9.26. The van der Waals surface area contributed by atoms with Gasteiger partial charge in [0, 0.05) is 43.7 Å². The molecule has 0 aromatic heterocycles. The van der Waals surface area contributed by atoms with Crippen LogP contribution in [0.25, 0.3) is 10.8 Å². The zero-order valence-electron chi connectivity index (χ0n) is 29.9. The monoisotopic (exact) mass is 734 g/mol. The number of benzene rings is 4. The van der Waals surface area contributed by atoms with Gasteiger partial charge in [-0.2, -0.15) is 0 Å². The van der Waals surface area contributed by atoms with Crippen LogP contribution in [0, 0.1) is 11.7 Å². The van der Waals surface area contributed by atoms with Gasteiger partial charge in [-0.1, -0.05) is 43.3 Å². The van der Waals surface area contributed by atoms with Gasteiger partial charge in [0.25, 0.3) is 15.9 Å². The molecule has 11 nitrogen and oxygen atoms in total. The third-order valence-corrected chi connectivity index (χ3v) is 10.7. The minimum absolute atomic E-state index is 0.110. The Bertz CT molecular complexity index is 1950. The quantitative estimate of drug-likeness (QED) is 0.182. The van der Waals surface area contributed by atoms with Gasteiger partial charge in [-0.3, -0.25) is 9.52 Å². The molecule has 0 fully saturated rings. The van der Waals surface area contributed by atoms with Crippen molar-refractivity contribution >= 4 is 44.1 Å². The number of nitrogens with one attached hydrogen (secondary N) is 2. The average Bonchev–Trinajstić information content (AvgIpc) is 3.12. The third kappa shape index (κ3) is 9.58. The Morgan fingerprint density at radius 1 is 1.04 bits per heavy atom. The zero-order valence-corrected chi connectivity index (χ0v) is 30.7. The van der Waals surface area contributed by atoms with Crippen LogP contribution in [0.4, 0.5) is 20.6 Å². The van der Waals surface area contributed by atoms with E-state index in [0.29, 0.717) is 18.7 Å². The van der Waals surface area contributed by atoms with E-state index in [2.05, 4.69) is 10.0 Å². The second-order valence-corrected chi connectivity index (χ2v) is 15.1.